The summed E-state index contributed by atoms with van der Waals surface area (Å²) in [7, 11) is -2.21. The lowest BCUT2D eigenvalue weighted by molar-refractivity contribution is -0.137. The third kappa shape index (κ3) is 8.55. The highest BCUT2D eigenvalue weighted by molar-refractivity contribution is 7.89. The monoisotopic (exact) mass is 294 g/mol. The Balaban J connectivity index is 4.54. The van der Waals surface area contributed by atoms with Gasteiger partial charge in [-0.2, -0.15) is 0 Å². The van der Waals surface area contributed by atoms with E-state index in [9.17, 15) is 18.0 Å². The van der Waals surface area contributed by atoms with Gasteiger partial charge in [0.2, 0.25) is 15.9 Å². The summed E-state index contributed by atoms with van der Waals surface area (Å²) >= 11 is 0. The summed E-state index contributed by atoms with van der Waals surface area (Å²) in [6.07, 6.45) is 0.195. The predicted octanol–water partition coefficient (Wildman–Crippen LogP) is -0.0687. The van der Waals surface area contributed by atoms with E-state index in [0.29, 0.717) is 6.42 Å². The molecule has 0 radical (unpaired) electrons. The minimum Gasteiger partial charge on any atom is -0.481 e. The van der Waals surface area contributed by atoms with Gasteiger partial charge in [-0.1, -0.05) is 13.8 Å². The molecule has 3 N–H and O–H groups in total. The fourth-order valence-corrected chi connectivity index (χ4v) is 2.82. The molecule has 112 valence electrons. The van der Waals surface area contributed by atoms with Crippen LogP contribution in [-0.2, 0) is 19.6 Å². The average molecular weight is 294 g/mol. The number of carboxylic acid groups (broad SMARTS) is 1. The van der Waals surface area contributed by atoms with Crippen molar-refractivity contribution in [3.8, 4) is 0 Å². The van der Waals surface area contributed by atoms with Crippen LogP contribution in [0.5, 0.6) is 0 Å². The number of rotatable bonds is 9. The van der Waals surface area contributed by atoms with Crippen LogP contribution in [0.4, 0.5) is 0 Å². The Hall–Kier alpha value is -1.15. The van der Waals surface area contributed by atoms with Gasteiger partial charge in [0.1, 0.15) is 6.04 Å². The molecular formula is C11H22N2O5S. The van der Waals surface area contributed by atoms with E-state index >= 15 is 0 Å². The van der Waals surface area contributed by atoms with Crippen molar-refractivity contribution >= 4 is 21.9 Å². The molecule has 0 bridgehead atoms. The Morgan fingerprint density at radius 2 is 1.84 bits per heavy atom. The molecule has 1 amide bonds. The lowest BCUT2D eigenvalue weighted by atomic mass is 10.0. The summed E-state index contributed by atoms with van der Waals surface area (Å²) in [5, 5.41) is 10.9. The maximum atomic E-state index is 11.7. The van der Waals surface area contributed by atoms with Gasteiger partial charge in [0, 0.05) is 13.5 Å². The van der Waals surface area contributed by atoms with Crippen LogP contribution in [0.1, 0.15) is 33.1 Å². The maximum Gasteiger partial charge on any atom is 0.303 e. The smallest absolute Gasteiger partial charge is 0.303 e. The molecule has 0 fully saturated rings. The third-order valence-corrected chi connectivity index (χ3v) is 3.87. The van der Waals surface area contributed by atoms with Crippen LogP contribution in [0.15, 0.2) is 0 Å². The number of aliphatic carboxylic acids is 1. The first kappa shape index (κ1) is 17.8. The topological polar surface area (TPSA) is 113 Å². The molecule has 0 aromatic heterocycles. The zero-order valence-corrected chi connectivity index (χ0v) is 12.3. The lowest BCUT2D eigenvalue weighted by Crippen LogP contribution is -2.47. The molecule has 8 heteroatoms. The normalized spacial score (nSPS) is 13.3. The molecule has 1 atom stereocenters. The molecule has 0 spiro atoms. The van der Waals surface area contributed by atoms with Crippen molar-refractivity contribution in [1.82, 2.24) is 10.0 Å². The van der Waals surface area contributed by atoms with Gasteiger partial charge in [0.25, 0.3) is 0 Å². The van der Waals surface area contributed by atoms with Crippen LogP contribution in [0, 0.1) is 5.92 Å². The highest BCUT2D eigenvalue weighted by atomic mass is 32.2. The summed E-state index contributed by atoms with van der Waals surface area (Å²) in [6.45, 7) is 3.77. The Bertz CT molecular complexity index is 405. The van der Waals surface area contributed by atoms with Crippen LogP contribution in [-0.4, -0.2) is 44.2 Å². The van der Waals surface area contributed by atoms with Crippen molar-refractivity contribution in [3.63, 3.8) is 0 Å². The van der Waals surface area contributed by atoms with E-state index in [2.05, 4.69) is 10.0 Å². The third-order valence-electron chi connectivity index (χ3n) is 2.40. The first-order valence-electron chi connectivity index (χ1n) is 6.11. The fourth-order valence-electron chi connectivity index (χ4n) is 1.54. The van der Waals surface area contributed by atoms with Crippen LogP contribution < -0.4 is 10.0 Å². The second-order valence-corrected chi connectivity index (χ2v) is 6.60. The Labute approximate surface area is 113 Å². The van der Waals surface area contributed by atoms with Gasteiger partial charge in [0.05, 0.1) is 5.75 Å². The van der Waals surface area contributed by atoms with E-state index in [4.69, 9.17) is 5.11 Å². The summed E-state index contributed by atoms with van der Waals surface area (Å²) in [6, 6.07) is -0.820. The molecule has 0 saturated carbocycles. The van der Waals surface area contributed by atoms with E-state index in [1.165, 1.54) is 7.05 Å². The zero-order valence-electron chi connectivity index (χ0n) is 11.5. The molecule has 1 unspecified atom stereocenters. The molecule has 0 aliphatic carbocycles. The van der Waals surface area contributed by atoms with E-state index in [1.54, 1.807) is 0 Å². The van der Waals surface area contributed by atoms with Crippen LogP contribution in [0.2, 0.25) is 0 Å². The quantitative estimate of drug-likeness (QED) is 0.551. The maximum absolute atomic E-state index is 11.7. The van der Waals surface area contributed by atoms with Crippen LogP contribution in [0.25, 0.3) is 0 Å². The van der Waals surface area contributed by atoms with Crippen molar-refractivity contribution in [2.45, 2.75) is 39.2 Å². The number of amides is 1. The Morgan fingerprint density at radius 3 is 2.26 bits per heavy atom. The molecular weight excluding hydrogens is 272 g/mol. The first-order chi connectivity index (χ1) is 8.68. The van der Waals surface area contributed by atoms with Crippen molar-refractivity contribution in [2.24, 2.45) is 5.92 Å². The summed E-state index contributed by atoms with van der Waals surface area (Å²) in [5.74, 6) is -1.58. The number of hydrogen-bond donors (Lipinski definition) is 3. The van der Waals surface area contributed by atoms with Crippen molar-refractivity contribution in [1.29, 1.82) is 0 Å². The first-order valence-corrected chi connectivity index (χ1v) is 7.76. The molecule has 0 saturated heterocycles. The fraction of sp³-hybridized carbons (Fsp3) is 0.818. The van der Waals surface area contributed by atoms with E-state index in [-0.39, 0.29) is 24.5 Å². The number of sulfonamides is 1. The van der Waals surface area contributed by atoms with E-state index in [1.807, 2.05) is 13.8 Å². The number of carboxylic acids is 1. The van der Waals surface area contributed by atoms with Gasteiger partial charge in [0.15, 0.2) is 0 Å². The van der Waals surface area contributed by atoms with Gasteiger partial charge in [-0.05, 0) is 18.8 Å². The number of carbonyl (C=O) groups excluding carboxylic acids is 1. The highest BCUT2D eigenvalue weighted by Gasteiger charge is 2.24. The average Bonchev–Trinajstić information content (AvgIpc) is 2.25. The van der Waals surface area contributed by atoms with Gasteiger partial charge in [-0.25, -0.2) is 13.1 Å². The van der Waals surface area contributed by atoms with Gasteiger partial charge < -0.3 is 10.4 Å². The van der Waals surface area contributed by atoms with Gasteiger partial charge in [-0.3, -0.25) is 9.59 Å². The van der Waals surface area contributed by atoms with Crippen LogP contribution in [0.3, 0.4) is 0 Å². The summed E-state index contributed by atoms with van der Waals surface area (Å²) in [4.78, 5) is 21.9. The molecule has 0 rings (SSSR count). The molecule has 0 aliphatic heterocycles. The van der Waals surface area contributed by atoms with E-state index in [0.717, 1.165) is 0 Å². The zero-order chi connectivity index (χ0) is 15.1. The van der Waals surface area contributed by atoms with Crippen LogP contribution >= 0.6 is 0 Å². The molecule has 0 heterocycles. The molecule has 0 aromatic carbocycles. The lowest BCUT2D eigenvalue weighted by Gasteiger charge is -2.19. The number of nitrogens with one attached hydrogen (secondary N) is 2. The van der Waals surface area contributed by atoms with Crippen molar-refractivity contribution in [2.75, 3.05) is 12.8 Å². The molecule has 0 aliphatic rings. The van der Waals surface area contributed by atoms with Crippen molar-refractivity contribution < 1.29 is 23.1 Å². The Kier molecular flexibility index (Phi) is 7.62. The number of carbonyl (C=O) groups is 2. The number of likely N-dealkylation sites (N-methyl/N-ethyl adjacent to an activating group) is 1. The molecule has 7 nitrogen and oxygen atoms in total. The Morgan fingerprint density at radius 1 is 1.26 bits per heavy atom. The van der Waals surface area contributed by atoms with Gasteiger partial charge in [-0.15, -0.1) is 0 Å². The summed E-state index contributed by atoms with van der Waals surface area (Å²) < 4.78 is 25.8. The largest absolute Gasteiger partial charge is 0.481 e. The minimum atomic E-state index is -3.65. The predicted molar refractivity (Wildman–Crippen MR) is 71.1 cm³/mol. The minimum absolute atomic E-state index is 0.0206. The summed E-state index contributed by atoms with van der Waals surface area (Å²) in [5.41, 5.74) is 0. The second kappa shape index (κ2) is 8.11. The molecule has 19 heavy (non-hydrogen) atoms. The van der Waals surface area contributed by atoms with Gasteiger partial charge >= 0.3 is 5.97 Å². The molecule has 0 aromatic rings. The van der Waals surface area contributed by atoms with E-state index < -0.39 is 27.9 Å². The standard InChI is InChI=1S/C11H22N2O5S/c1-8(2)7-9(11(16)12-3)13-19(17,18)6-4-5-10(14)15/h8-9,13H,4-7H2,1-3H3,(H,12,16)(H,14,15). The number of hydrogen-bond acceptors (Lipinski definition) is 4. The highest BCUT2D eigenvalue weighted by Crippen LogP contribution is 2.07. The second-order valence-electron chi connectivity index (χ2n) is 4.73. The van der Waals surface area contributed by atoms with Crippen molar-refractivity contribution in [3.05, 3.63) is 0 Å². The SMILES string of the molecule is CNC(=O)C(CC(C)C)NS(=O)(=O)CCCC(=O)O.